The van der Waals surface area contributed by atoms with Gasteiger partial charge in [-0.05, 0) is 41.7 Å². The molecule has 1 aliphatic carbocycles. The van der Waals surface area contributed by atoms with Gasteiger partial charge in [-0.3, -0.25) is 0 Å². The van der Waals surface area contributed by atoms with Gasteiger partial charge in [0.05, 0.1) is 0 Å². The van der Waals surface area contributed by atoms with Gasteiger partial charge < -0.3 is 0 Å². The van der Waals surface area contributed by atoms with Crippen LogP contribution in [-0.4, -0.2) is 0 Å². The van der Waals surface area contributed by atoms with Crippen molar-refractivity contribution in [2.75, 3.05) is 0 Å². The van der Waals surface area contributed by atoms with Crippen molar-refractivity contribution in [3.05, 3.63) is 83.9 Å². The first kappa shape index (κ1) is 13.2. The van der Waals surface area contributed by atoms with E-state index >= 15 is 0 Å². The lowest BCUT2D eigenvalue weighted by molar-refractivity contribution is 0.536. The molecule has 1 saturated carbocycles. The van der Waals surface area contributed by atoms with Crippen LogP contribution < -0.4 is 0 Å². The Hall–Kier alpha value is -1.82. The van der Waals surface area contributed by atoms with Crippen LogP contribution in [0.3, 0.4) is 0 Å². The molecule has 0 aliphatic heterocycles. The SMILES string of the molecule is C[C@]1(Cc2ccccc2)C[C@H]1/C=C/Cc1ccccc1. The van der Waals surface area contributed by atoms with Crippen molar-refractivity contribution < 1.29 is 0 Å². The predicted octanol–water partition coefficient (Wildman–Crippen LogP) is 5.05. The van der Waals surface area contributed by atoms with Crippen LogP contribution in [0.5, 0.6) is 0 Å². The van der Waals surface area contributed by atoms with Crippen LogP contribution in [0.15, 0.2) is 72.8 Å². The van der Waals surface area contributed by atoms with Crippen molar-refractivity contribution in [3.8, 4) is 0 Å². The Kier molecular flexibility index (Phi) is 3.73. The summed E-state index contributed by atoms with van der Waals surface area (Å²) in [5, 5.41) is 0. The summed E-state index contributed by atoms with van der Waals surface area (Å²) in [4.78, 5) is 0. The highest BCUT2D eigenvalue weighted by Crippen LogP contribution is 2.55. The van der Waals surface area contributed by atoms with Gasteiger partial charge in [-0.2, -0.15) is 0 Å². The van der Waals surface area contributed by atoms with Crippen LogP contribution in [0.2, 0.25) is 0 Å². The summed E-state index contributed by atoms with van der Waals surface area (Å²) in [7, 11) is 0. The molecule has 0 bridgehead atoms. The van der Waals surface area contributed by atoms with Gasteiger partial charge in [0, 0.05) is 0 Å². The molecule has 0 aromatic heterocycles. The van der Waals surface area contributed by atoms with E-state index in [4.69, 9.17) is 0 Å². The first-order valence-corrected chi connectivity index (χ1v) is 7.51. The molecule has 2 aromatic rings. The van der Waals surface area contributed by atoms with Gasteiger partial charge in [0.2, 0.25) is 0 Å². The summed E-state index contributed by atoms with van der Waals surface area (Å²) in [6.07, 6.45) is 8.35. The summed E-state index contributed by atoms with van der Waals surface area (Å²) < 4.78 is 0. The van der Waals surface area contributed by atoms with Gasteiger partial charge in [0.1, 0.15) is 0 Å². The van der Waals surface area contributed by atoms with E-state index in [9.17, 15) is 0 Å². The molecular formula is C20H22. The monoisotopic (exact) mass is 262 g/mol. The summed E-state index contributed by atoms with van der Waals surface area (Å²) in [5.74, 6) is 0.756. The molecule has 3 rings (SSSR count). The van der Waals surface area contributed by atoms with E-state index in [1.54, 1.807) is 0 Å². The third kappa shape index (κ3) is 3.19. The maximum atomic E-state index is 2.43. The average molecular weight is 262 g/mol. The van der Waals surface area contributed by atoms with Crippen molar-refractivity contribution in [2.45, 2.75) is 26.2 Å². The minimum absolute atomic E-state index is 0.481. The Balaban J connectivity index is 1.53. The van der Waals surface area contributed by atoms with E-state index in [2.05, 4.69) is 79.7 Å². The maximum Gasteiger partial charge on any atom is -0.00973 e. The van der Waals surface area contributed by atoms with E-state index < -0.39 is 0 Å². The van der Waals surface area contributed by atoms with Crippen molar-refractivity contribution in [2.24, 2.45) is 11.3 Å². The highest BCUT2D eigenvalue weighted by atomic mass is 14.5. The highest BCUT2D eigenvalue weighted by molar-refractivity contribution is 5.23. The Morgan fingerprint density at radius 2 is 1.55 bits per heavy atom. The number of rotatable bonds is 5. The molecular weight excluding hydrogens is 240 g/mol. The van der Waals surface area contributed by atoms with Gasteiger partial charge >= 0.3 is 0 Å². The summed E-state index contributed by atoms with van der Waals surface area (Å²) in [5.41, 5.74) is 3.34. The molecule has 20 heavy (non-hydrogen) atoms. The molecule has 102 valence electrons. The third-order valence-corrected chi connectivity index (χ3v) is 4.44. The number of benzene rings is 2. The lowest BCUT2D eigenvalue weighted by Gasteiger charge is -2.09. The molecule has 0 unspecified atom stereocenters. The summed E-state index contributed by atoms with van der Waals surface area (Å²) in [6, 6.07) is 21.5. The van der Waals surface area contributed by atoms with Gasteiger partial charge in [-0.1, -0.05) is 79.7 Å². The van der Waals surface area contributed by atoms with Gasteiger partial charge in [0.25, 0.3) is 0 Å². The smallest absolute Gasteiger partial charge is 0.00973 e. The van der Waals surface area contributed by atoms with E-state index in [1.165, 1.54) is 24.0 Å². The molecule has 0 spiro atoms. The zero-order valence-corrected chi connectivity index (χ0v) is 12.1. The third-order valence-electron chi connectivity index (χ3n) is 4.44. The van der Waals surface area contributed by atoms with Crippen LogP contribution in [0.4, 0.5) is 0 Å². The fourth-order valence-corrected chi connectivity index (χ4v) is 2.99. The lowest BCUT2D eigenvalue weighted by atomic mass is 9.96. The van der Waals surface area contributed by atoms with E-state index in [-0.39, 0.29) is 0 Å². The van der Waals surface area contributed by atoms with Gasteiger partial charge in [-0.25, -0.2) is 0 Å². The molecule has 0 amide bonds. The number of hydrogen-bond acceptors (Lipinski definition) is 0. The number of hydrogen-bond donors (Lipinski definition) is 0. The standard InChI is InChI=1S/C20H22/c1-20(15-18-11-6-3-7-12-18)16-19(20)14-8-13-17-9-4-2-5-10-17/h2-12,14,19H,13,15-16H2,1H3/b14-8+/t19-,20+/m1/s1. The molecule has 2 atom stereocenters. The second-order valence-corrected chi connectivity index (χ2v) is 6.24. The van der Waals surface area contributed by atoms with Crippen LogP contribution >= 0.6 is 0 Å². The average Bonchev–Trinajstić information content (AvgIpc) is 3.11. The minimum Gasteiger partial charge on any atom is -0.0845 e. The molecule has 0 heterocycles. The molecule has 0 N–H and O–H groups in total. The van der Waals surface area contributed by atoms with Crippen LogP contribution in [0.25, 0.3) is 0 Å². The highest BCUT2D eigenvalue weighted by Gasteiger charge is 2.47. The van der Waals surface area contributed by atoms with E-state index in [0.29, 0.717) is 5.41 Å². The first-order valence-electron chi connectivity index (χ1n) is 7.51. The predicted molar refractivity (Wildman–Crippen MR) is 85.6 cm³/mol. The Labute approximate surface area is 122 Å². The number of allylic oxidation sites excluding steroid dienone is 2. The molecule has 0 heteroatoms. The molecule has 1 fully saturated rings. The molecule has 2 aromatic carbocycles. The molecule has 0 nitrogen and oxygen atoms in total. The van der Waals surface area contributed by atoms with Crippen LogP contribution in [-0.2, 0) is 12.8 Å². The fourth-order valence-electron chi connectivity index (χ4n) is 2.99. The maximum absolute atomic E-state index is 2.43. The topological polar surface area (TPSA) is 0 Å². The van der Waals surface area contributed by atoms with Crippen molar-refractivity contribution in [1.82, 2.24) is 0 Å². The zero-order valence-electron chi connectivity index (χ0n) is 12.1. The quantitative estimate of drug-likeness (QED) is 0.661. The molecule has 0 radical (unpaired) electrons. The summed E-state index contributed by atoms with van der Waals surface area (Å²) in [6.45, 7) is 2.41. The second kappa shape index (κ2) is 5.66. The van der Waals surface area contributed by atoms with Gasteiger partial charge in [0.15, 0.2) is 0 Å². The van der Waals surface area contributed by atoms with Crippen molar-refractivity contribution >= 4 is 0 Å². The van der Waals surface area contributed by atoms with Crippen LogP contribution in [0.1, 0.15) is 24.5 Å². The second-order valence-electron chi connectivity index (χ2n) is 6.24. The molecule has 0 saturated heterocycles. The zero-order chi connectivity index (χ0) is 13.8. The molecule has 1 aliphatic rings. The lowest BCUT2D eigenvalue weighted by Crippen LogP contribution is -2.02. The fraction of sp³-hybridized carbons (Fsp3) is 0.300. The Bertz CT molecular complexity index is 568. The van der Waals surface area contributed by atoms with Crippen molar-refractivity contribution in [3.63, 3.8) is 0 Å². The van der Waals surface area contributed by atoms with Gasteiger partial charge in [-0.15, -0.1) is 0 Å². The Morgan fingerprint density at radius 1 is 0.950 bits per heavy atom. The van der Waals surface area contributed by atoms with E-state index in [0.717, 1.165) is 12.3 Å². The minimum atomic E-state index is 0.481. The normalized spacial score (nSPS) is 24.9. The first-order chi connectivity index (χ1) is 9.76. The Morgan fingerprint density at radius 3 is 2.20 bits per heavy atom. The van der Waals surface area contributed by atoms with Crippen LogP contribution in [0, 0.1) is 11.3 Å². The van der Waals surface area contributed by atoms with Crippen molar-refractivity contribution in [1.29, 1.82) is 0 Å². The largest absolute Gasteiger partial charge is 0.0845 e. The summed E-state index contributed by atoms with van der Waals surface area (Å²) >= 11 is 0. The van der Waals surface area contributed by atoms with E-state index in [1.807, 2.05) is 0 Å².